The Bertz CT molecular complexity index is 835. The molecule has 1 aliphatic heterocycles. The van der Waals surface area contributed by atoms with Crippen LogP contribution in [-0.4, -0.2) is 36.9 Å². The monoisotopic (exact) mass is 428 g/mol. The summed E-state index contributed by atoms with van der Waals surface area (Å²) in [6, 6.07) is 14.5. The molecular formula is C23H28N2O4S. The Morgan fingerprint density at radius 3 is 2.73 bits per heavy atom. The lowest BCUT2D eigenvalue weighted by molar-refractivity contribution is 0.0680. The van der Waals surface area contributed by atoms with E-state index < -0.39 is 0 Å². The van der Waals surface area contributed by atoms with Gasteiger partial charge in [0.2, 0.25) is 0 Å². The van der Waals surface area contributed by atoms with Crippen LogP contribution in [0.15, 0.2) is 48.5 Å². The largest absolute Gasteiger partial charge is 0.494 e. The summed E-state index contributed by atoms with van der Waals surface area (Å²) >= 11 is 5.28. The zero-order valence-corrected chi connectivity index (χ0v) is 18.0. The van der Waals surface area contributed by atoms with Gasteiger partial charge in [0, 0.05) is 23.9 Å². The zero-order valence-electron chi connectivity index (χ0n) is 17.2. The number of anilines is 1. The van der Waals surface area contributed by atoms with Gasteiger partial charge in [-0.1, -0.05) is 19.4 Å². The molecule has 1 aliphatic rings. The Labute approximate surface area is 182 Å². The fourth-order valence-electron chi connectivity index (χ4n) is 3.00. The van der Waals surface area contributed by atoms with Crippen LogP contribution in [0.1, 0.15) is 43.0 Å². The molecule has 7 heteroatoms. The highest BCUT2D eigenvalue weighted by molar-refractivity contribution is 7.80. The summed E-state index contributed by atoms with van der Waals surface area (Å²) in [5, 5.41) is 5.93. The summed E-state index contributed by atoms with van der Waals surface area (Å²) in [4.78, 5) is 12.4. The topological polar surface area (TPSA) is 68.8 Å². The molecule has 1 amide bonds. The normalized spacial score (nSPS) is 15.4. The third-order valence-electron chi connectivity index (χ3n) is 4.66. The van der Waals surface area contributed by atoms with Crippen molar-refractivity contribution in [3.63, 3.8) is 0 Å². The summed E-state index contributed by atoms with van der Waals surface area (Å²) in [7, 11) is 0. The average Bonchev–Trinajstić information content (AvgIpc) is 3.27. The van der Waals surface area contributed by atoms with Crippen LogP contribution in [0.2, 0.25) is 0 Å². The van der Waals surface area contributed by atoms with Crippen LogP contribution in [-0.2, 0) is 4.74 Å². The van der Waals surface area contributed by atoms with E-state index in [1.807, 2.05) is 24.3 Å². The van der Waals surface area contributed by atoms with E-state index in [1.54, 1.807) is 24.3 Å². The van der Waals surface area contributed by atoms with Crippen LogP contribution >= 0.6 is 12.2 Å². The number of carbonyl (C=O) groups excluding carboxylic acids is 1. The van der Waals surface area contributed by atoms with Crippen molar-refractivity contribution in [1.29, 1.82) is 0 Å². The van der Waals surface area contributed by atoms with E-state index in [1.165, 1.54) is 0 Å². The number of nitrogens with one attached hydrogen (secondary N) is 2. The Balaban J connectivity index is 1.47. The van der Waals surface area contributed by atoms with Gasteiger partial charge in [-0.05, 0) is 67.9 Å². The van der Waals surface area contributed by atoms with E-state index in [0.717, 1.165) is 49.5 Å². The van der Waals surface area contributed by atoms with Crippen molar-refractivity contribution >= 4 is 28.9 Å². The maximum absolute atomic E-state index is 12.4. The molecule has 0 bridgehead atoms. The molecule has 0 spiro atoms. The van der Waals surface area contributed by atoms with Gasteiger partial charge >= 0.3 is 0 Å². The predicted octanol–water partition coefficient (Wildman–Crippen LogP) is 4.55. The molecule has 0 aromatic heterocycles. The van der Waals surface area contributed by atoms with E-state index in [9.17, 15) is 4.79 Å². The number of carbonyl (C=O) groups is 1. The number of hydrogen-bond acceptors (Lipinski definition) is 5. The quantitative estimate of drug-likeness (QED) is 0.451. The number of thiocarbonyl (C=S) groups is 1. The van der Waals surface area contributed by atoms with Crippen LogP contribution in [0.5, 0.6) is 11.5 Å². The highest BCUT2D eigenvalue weighted by Gasteiger charge is 2.16. The van der Waals surface area contributed by atoms with Gasteiger partial charge in [-0.2, -0.15) is 0 Å². The fourth-order valence-corrected chi connectivity index (χ4v) is 3.21. The molecule has 2 N–H and O–H groups in total. The first-order valence-electron chi connectivity index (χ1n) is 10.3. The van der Waals surface area contributed by atoms with Crippen molar-refractivity contribution in [1.82, 2.24) is 5.32 Å². The number of rotatable bonds is 9. The molecule has 1 unspecified atom stereocenters. The van der Waals surface area contributed by atoms with Crippen LogP contribution < -0.4 is 20.1 Å². The summed E-state index contributed by atoms with van der Waals surface area (Å²) in [6.45, 7) is 4.12. The highest BCUT2D eigenvalue weighted by atomic mass is 32.1. The second-order valence-corrected chi connectivity index (χ2v) is 7.52. The first kappa shape index (κ1) is 22.1. The van der Waals surface area contributed by atoms with E-state index in [4.69, 9.17) is 26.4 Å². The summed E-state index contributed by atoms with van der Waals surface area (Å²) < 4.78 is 17.0. The minimum atomic E-state index is -0.279. The number of amides is 1. The van der Waals surface area contributed by atoms with E-state index in [2.05, 4.69) is 17.6 Å². The molecule has 1 fully saturated rings. The molecule has 0 saturated carbocycles. The third kappa shape index (κ3) is 7.00. The van der Waals surface area contributed by atoms with Crippen LogP contribution in [0, 0.1) is 0 Å². The van der Waals surface area contributed by atoms with E-state index in [0.29, 0.717) is 18.8 Å². The Hall–Kier alpha value is -2.64. The molecule has 30 heavy (non-hydrogen) atoms. The minimum absolute atomic E-state index is 0.158. The minimum Gasteiger partial charge on any atom is -0.494 e. The SMILES string of the molecule is CCCCOc1ccc(C(=O)NC(=S)Nc2cccc(OCC3CCCO3)c2)cc1. The molecule has 1 heterocycles. The molecule has 1 saturated heterocycles. The van der Waals surface area contributed by atoms with Crippen LogP contribution in [0.25, 0.3) is 0 Å². The smallest absolute Gasteiger partial charge is 0.257 e. The maximum atomic E-state index is 12.4. The molecule has 0 aliphatic carbocycles. The molecule has 6 nitrogen and oxygen atoms in total. The van der Waals surface area contributed by atoms with Crippen molar-refractivity contribution < 1.29 is 19.0 Å². The number of hydrogen-bond donors (Lipinski definition) is 2. The summed E-state index contributed by atoms with van der Waals surface area (Å²) in [5.41, 5.74) is 1.25. The van der Waals surface area contributed by atoms with Gasteiger partial charge in [-0.3, -0.25) is 10.1 Å². The third-order valence-corrected chi connectivity index (χ3v) is 4.87. The zero-order chi connectivity index (χ0) is 21.2. The standard InChI is InChI=1S/C23H28N2O4S/c1-2-3-13-27-19-11-9-17(10-12-19)22(26)25-23(30)24-18-6-4-7-20(15-18)29-16-21-8-5-14-28-21/h4,6-7,9-12,15,21H,2-3,5,8,13-14,16H2,1H3,(H2,24,25,26,30). The first-order valence-corrected chi connectivity index (χ1v) is 10.7. The first-order chi connectivity index (χ1) is 14.6. The molecule has 160 valence electrons. The van der Waals surface area contributed by atoms with Gasteiger partial charge in [0.1, 0.15) is 18.1 Å². The van der Waals surface area contributed by atoms with Gasteiger partial charge in [-0.25, -0.2) is 0 Å². The number of unbranched alkanes of at least 4 members (excludes halogenated alkanes) is 1. The Morgan fingerprint density at radius 2 is 2.00 bits per heavy atom. The molecule has 1 atom stereocenters. The van der Waals surface area contributed by atoms with Crippen molar-refractivity contribution in [3.8, 4) is 11.5 Å². The maximum Gasteiger partial charge on any atom is 0.257 e. The molecule has 2 aromatic carbocycles. The van der Waals surface area contributed by atoms with Crippen molar-refractivity contribution in [3.05, 3.63) is 54.1 Å². The van der Waals surface area contributed by atoms with Crippen molar-refractivity contribution in [2.24, 2.45) is 0 Å². The second kappa shape index (κ2) is 11.5. The second-order valence-electron chi connectivity index (χ2n) is 7.11. The Kier molecular flexibility index (Phi) is 8.47. The van der Waals surface area contributed by atoms with Gasteiger partial charge in [0.15, 0.2) is 5.11 Å². The van der Waals surface area contributed by atoms with Crippen molar-refractivity contribution in [2.45, 2.75) is 38.7 Å². The van der Waals surface area contributed by atoms with Gasteiger partial charge < -0.3 is 19.5 Å². The lowest BCUT2D eigenvalue weighted by atomic mass is 10.2. The average molecular weight is 429 g/mol. The number of benzene rings is 2. The lowest BCUT2D eigenvalue weighted by Gasteiger charge is -2.13. The van der Waals surface area contributed by atoms with Crippen LogP contribution in [0.3, 0.4) is 0 Å². The van der Waals surface area contributed by atoms with Gasteiger partial charge in [0.05, 0.1) is 12.7 Å². The summed E-state index contributed by atoms with van der Waals surface area (Å²) in [5.74, 6) is 1.20. The highest BCUT2D eigenvalue weighted by Crippen LogP contribution is 2.20. The number of ether oxygens (including phenoxy) is 3. The van der Waals surface area contributed by atoms with Crippen LogP contribution in [0.4, 0.5) is 5.69 Å². The molecule has 3 rings (SSSR count). The lowest BCUT2D eigenvalue weighted by Crippen LogP contribution is -2.34. The predicted molar refractivity (Wildman–Crippen MR) is 121 cm³/mol. The fraction of sp³-hybridized carbons (Fsp3) is 0.391. The molecule has 2 aromatic rings. The Morgan fingerprint density at radius 1 is 1.17 bits per heavy atom. The van der Waals surface area contributed by atoms with Crippen molar-refractivity contribution in [2.75, 3.05) is 25.1 Å². The van der Waals surface area contributed by atoms with E-state index in [-0.39, 0.29) is 17.1 Å². The van der Waals surface area contributed by atoms with E-state index >= 15 is 0 Å². The van der Waals surface area contributed by atoms with Gasteiger partial charge in [0.25, 0.3) is 5.91 Å². The summed E-state index contributed by atoms with van der Waals surface area (Å²) in [6.07, 6.45) is 4.35. The molecular weight excluding hydrogens is 400 g/mol. The van der Waals surface area contributed by atoms with Gasteiger partial charge in [-0.15, -0.1) is 0 Å². The molecule has 0 radical (unpaired) electrons.